The smallest absolute Gasteiger partial charge is 0.276 e. The lowest BCUT2D eigenvalue weighted by molar-refractivity contribution is 0.638. The number of aromatic nitrogens is 4. The molecule has 0 unspecified atom stereocenters. The minimum atomic E-state index is -0.232. The van der Waals surface area contributed by atoms with Crippen LogP contribution < -0.4 is 11.2 Å². The molecule has 0 atom stereocenters. The molecular weight excluding hydrogens is 328 g/mol. The van der Waals surface area contributed by atoms with Gasteiger partial charge in [0.25, 0.3) is 5.56 Å². The molecule has 0 aliphatic rings. The summed E-state index contributed by atoms with van der Waals surface area (Å²) in [5.41, 5.74) is 2.40. The van der Waals surface area contributed by atoms with Gasteiger partial charge in [0.05, 0.1) is 17.4 Å². The van der Waals surface area contributed by atoms with Gasteiger partial charge < -0.3 is 0 Å². The molecule has 4 rings (SSSR count). The average Bonchev–Trinajstić information content (AvgIpc) is 2.97. The van der Waals surface area contributed by atoms with Gasteiger partial charge in [0.1, 0.15) is 0 Å². The van der Waals surface area contributed by atoms with Crippen LogP contribution in [0.4, 0.5) is 0 Å². The average molecular weight is 348 g/mol. The summed E-state index contributed by atoms with van der Waals surface area (Å²) in [5, 5.41) is 5.04. The van der Waals surface area contributed by atoms with Crippen LogP contribution in [0, 0.1) is 6.92 Å². The van der Waals surface area contributed by atoms with Crippen molar-refractivity contribution in [3.63, 3.8) is 0 Å². The molecule has 0 spiro atoms. The Kier molecular flexibility index (Phi) is 3.95. The molecule has 0 aliphatic heterocycles. The van der Waals surface area contributed by atoms with Gasteiger partial charge in [0, 0.05) is 6.54 Å². The van der Waals surface area contributed by atoms with Crippen LogP contribution in [-0.4, -0.2) is 18.7 Å². The predicted molar refractivity (Wildman–Crippen MR) is 102 cm³/mol. The van der Waals surface area contributed by atoms with Crippen molar-refractivity contribution in [3.8, 4) is 0 Å². The molecule has 26 heavy (non-hydrogen) atoms. The number of benzene rings is 2. The highest BCUT2D eigenvalue weighted by atomic mass is 16.2. The van der Waals surface area contributed by atoms with E-state index in [4.69, 9.17) is 0 Å². The molecule has 6 nitrogen and oxygen atoms in total. The molecular formula is C20H20N4O2. The van der Waals surface area contributed by atoms with Gasteiger partial charge in [0.2, 0.25) is 5.78 Å². The molecule has 0 N–H and O–H groups in total. The molecule has 0 fully saturated rings. The maximum absolute atomic E-state index is 13.1. The van der Waals surface area contributed by atoms with Crippen molar-refractivity contribution in [2.24, 2.45) is 0 Å². The highest BCUT2D eigenvalue weighted by molar-refractivity contribution is 5.79. The van der Waals surface area contributed by atoms with Crippen LogP contribution in [-0.2, 0) is 13.1 Å². The number of rotatable bonds is 4. The van der Waals surface area contributed by atoms with Gasteiger partial charge >= 0.3 is 5.69 Å². The SMILES string of the molecule is CCCn1c(=O)c2ccccc2n2c(=O)n(Cc3ccccc3C)nc12. The molecule has 0 saturated heterocycles. The fourth-order valence-corrected chi connectivity index (χ4v) is 3.34. The third-order valence-electron chi connectivity index (χ3n) is 4.71. The first kappa shape index (κ1) is 16.3. The van der Waals surface area contributed by atoms with Crippen LogP contribution >= 0.6 is 0 Å². The van der Waals surface area contributed by atoms with Gasteiger partial charge in [-0.25, -0.2) is 13.9 Å². The molecule has 0 amide bonds. The van der Waals surface area contributed by atoms with Gasteiger partial charge in [-0.15, -0.1) is 5.10 Å². The van der Waals surface area contributed by atoms with Gasteiger partial charge in [-0.2, -0.15) is 0 Å². The Labute approximate surface area is 149 Å². The maximum Gasteiger partial charge on any atom is 0.352 e. The second-order valence-electron chi connectivity index (χ2n) is 6.48. The van der Waals surface area contributed by atoms with E-state index in [9.17, 15) is 9.59 Å². The number of fused-ring (bicyclic) bond motifs is 3. The quantitative estimate of drug-likeness (QED) is 0.569. The second-order valence-corrected chi connectivity index (χ2v) is 6.48. The monoisotopic (exact) mass is 348 g/mol. The van der Waals surface area contributed by atoms with Crippen LogP contribution in [0.5, 0.6) is 0 Å². The number of nitrogens with zero attached hydrogens (tertiary/aromatic N) is 4. The zero-order valence-electron chi connectivity index (χ0n) is 14.8. The highest BCUT2D eigenvalue weighted by Gasteiger charge is 2.17. The van der Waals surface area contributed by atoms with Crippen LogP contribution in [0.15, 0.2) is 58.1 Å². The van der Waals surface area contributed by atoms with Crippen molar-refractivity contribution in [3.05, 3.63) is 80.5 Å². The first-order chi connectivity index (χ1) is 12.6. The lowest BCUT2D eigenvalue weighted by Gasteiger charge is -2.07. The first-order valence-corrected chi connectivity index (χ1v) is 8.77. The van der Waals surface area contributed by atoms with Crippen molar-refractivity contribution < 1.29 is 0 Å². The van der Waals surface area contributed by atoms with Crippen LogP contribution in [0.1, 0.15) is 24.5 Å². The fraction of sp³-hybridized carbons (Fsp3) is 0.250. The molecule has 2 heterocycles. The van der Waals surface area contributed by atoms with Gasteiger partial charge in [0.15, 0.2) is 0 Å². The normalized spacial score (nSPS) is 11.5. The van der Waals surface area contributed by atoms with Gasteiger partial charge in [-0.3, -0.25) is 9.36 Å². The minimum Gasteiger partial charge on any atom is -0.276 e. The molecule has 0 radical (unpaired) electrons. The van der Waals surface area contributed by atoms with Gasteiger partial charge in [-0.05, 0) is 36.6 Å². The Hall–Kier alpha value is -3.15. The first-order valence-electron chi connectivity index (χ1n) is 8.77. The molecule has 132 valence electrons. The molecule has 2 aromatic carbocycles. The van der Waals surface area contributed by atoms with E-state index in [1.165, 1.54) is 4.68 Å². The van der Waals surface area contributed by atoms with Crippen molar-refractivity contribution in [1.29, 1.82) is 0 Å². The summed E-state index contributed by atoms with van der Waals surface area (Å²) in [4.78, 5) is 25.9. The number of para-hydroxylation sites is 1. The number of aryl methyl sites for hydroxylation is 2. The van der Waals surface area contributed by atoms with Crippen molar-refractivity contribution >= 4 is 16.7 Å². The summed E-state index contributed by atoms with van der Waals surface area (Å²) in [6, 6.07) is 15.1. The number of hydrogen-bond donors (Lipinski definition) is 0. The van der Waals surface area contributed by atoms with Crippen LogP contribution in [0.3, 0.4) is 0 Å². The summed E-state index contributed by atoms with van der Waals surface area (Å²) >= 11 is 0. The third kappa shape index (κ3) is 2.45. The summed E-state index contributed by atoms with van der Waals surface area (Å²) in [6.07, 6.45) is 0.784. The number of hydrogen-bond acceptors (Lipinski definition) is 3. The Morgan fingerprint density at radius 2 is 1.73 bits per heavy atom. The summed E-state index contributed by atoms with van der Waals surface area (Å²) < 4.78 is 4.58. The molecule has 2 aromatic heterocycles. The van der Waals surface area contributed by atoms with E-state index in [1.54, 1.807) is 21.1 Å². The molecule has 0 aliphatic carbocycles. The van der Waals surface area contributed by atoms with E-state index >= 15 is 0 Å². The highest BCUT2D eigenvalue weighted by Crippen LogP contribution is 2.12. The topological polar surface area (TPSA) is 61.3 Å². The molecule has 6 heteroatoms. The van der Waals surface area contributed by atoms with Crippen LogP contribution in [0.2, 0.25) is 0 Å². The van der Waals surface area contributed by atoms with E-state index in [0.717, 1.165) is 17.5 Å². The Balaban J connectivity index is 2.04. The van der Waals surface area contributed by atoms with Crippen LogP contribution in [0.25, 0.3) is 16.7 Å². The Bertz CT molecular complexity index is 1230. The summed E-state index contributed by atoms with van der Waals surface area (Å²) in [6.45, 7) is 4.91. The zero-order chi connectivity index (χ0) is 18.3. The predicted octanol–water partition coefficient (Wildman–Crippen LogP) is 2.58. The lowest BCUT2D eigenvalue weighted by Crippen LogP contribution is -2.26. The van der Waals surface area contributed by atoms with E-state index < -0.39 is 0 Å². The standard InChI is InChI=1S/C20H20N4O2/c1-3-12-22-18(25)16-10-6-7-11-17(16)24-19(22)21-23(20(24)26)13-15-9-5-4-8-14(15)2/h4-11H,3,12-13H2,1-2H3. The van der Waals surface area contributed by atoms with Crippen molar-refractivity contribution in [2.75, 3.05) is 0 Å². The minimum absolute atomic E-state index is 0.108. The summed E-state index contributed by atoms with van der Waals surface area (Å²) in [7, 11) is 0. The van der Waals surface area contributed by atoms with E-state index in [0.29, 0.717) is 29.8 Å². The van der Waals surface area contributed by atoms with E-state index in [1.807, 2.05) is 50.2 Å². The molecule has 4 aromatic rings. The van der Waals surface area contributed by atoms with Crippen molar-refractivity contribution in [1.82, 2.24) is 18.7 Å². The van der Waals surface area contributed by atoms with Gasteiger partial charge in [-0.1, -0.05) is 43.3 Å². The molecule has 0 saturated carbocycles. The van der Waals surface area contributed by atoms with Crippen molar-refractivity contribution in [2.45, 2.75) is 33.4 Å². The summed E-state index contributed by atoms with van der Waals surface area (Å²) in [5.74, 6) is 0.397. The third-order valence-corrected chi connectivity index (χ3v) is 4.71. The molecule has 0 bridgehead atoms. The Morgan fingerprint density at radius 3 is 2.50 bits per heavy atom. The maximum atomic E-state index is 13.1. The second kappa shape index (κ2) is 6.29. The van der Waals surface area contributed by atoms with E-state index in [2.05, 4.69) is 5.10 Å². The zero-order valence-corrected chi connectivity index (χ0v) is 14.8. The largest absolute Gasteiger partial charge is 0.352 e. The lowest BCUT2D eigenvalue weighted by atomic mass is 10.1. The fourth-order valence-electron chi connectivity index (χ4n) is 3.34. The Morgan fingerprint density at radius 1 is 1.00 bits per heavy atom. The van der Waals surface area contributed by atoms with E-state index in [-0.39, 0.29) is 11.2 Å².